The number of nitrogens with zero attached hydrogens (tertiary/aromatic N) is 2. The van der Waals surface area contributed by atoms with Crippen LogP contribution in [0.3, 0.4) is 0 Å². The van der Waals surface area contributed by atoms with Crippen LogP contribution in [0.15, 0.2) is 12.5 Å². The molecule has 1 heterocycles. The summed E-state index contributed by atoms with van der Waals surface area (Å²) >= 11 is 0. The van der Waals surface area contributed by atoms with Gasteiger partial charge in [-0.1, -0.05) is 18.2 Å². The van der Waals surface area contributed by atoms with Crippen molar-refractivity contribution < 1.29 is 58.2 Å². The number of hydrogen-bond acceptors (Lipinski definition) is 1. The molecule has 0 N–H and O–H groups in total. The third-order valence-corrected chi connectivity index (χ3v) is 0.589. The predicted octanol–water partition coefficient (Wildman–Crippen LogP) is -2.65. The van der Waals surface area contributed by atoms with Gasteiger partial charge in [0, 0.05) is 0 Å². The quantitative estimate of drug-likeness (QED) is 0.421. The van der Waals surface area contributed by atoms with Crippen LogP contribution >= 0.6 is 0 Å². The fraction of sp³-hybridized carbons (Fsp3) is 0.250. The Bertz CT molecular complexity index is 113. The Kier molecular flexibility index (Phi) is 4.52. The smallest absolute Gasteiger partial charge is 0.450 e. The third kappa shape index (κ3) is 2.75. The Balaban J connectivity index is 0.000000360. The van der Waals surface area contributed by atoms with E-state index in [0.717, 1.165) is 5.69 Å². The predicted molar refractivity (Wildman–Crippen MR) is 22.3 cm³/mol. The second kappa shape index (κ2) is 3.95. The average Bonchev–Trinajstić information content (AvgIpc) is 1.86. The molecular formula is C4H5N2Rb. The first-order valence-corrected chi connectivity index (χ1v) is 1.79. The molecule has 0 saturated carbocycles. The van der Waals surface area contributed by atoms with Crippen molar-refractivity contribution in [1.29, 1.82) is 0 Å². The van der Waals surface area contributed by atoms with Crippen LogP contribution in [0.4, 0.5) is 0 Å². The van der Waals surface area contributed by atoms with E-state index in [1.165, 1.54) is 6.33 Å². The molecule has 0 bridgehead atoms. The van der Waals surface area contributed by atoms with E-state index in [1.54, 1.807) is 6.20 Å². The van der Waals surface area contributed by atoms with E-state index in [1.807, 2.05) is 6.92 Å². The van der Waals surface area contributed by atoms with Gasteiger partial charge in [-0.05, 0) is 6.92 Å². The van der Waals surface area contributed by atoms with Crippen molar-refractivity contribution in [1.82, 2.24) is 9.97 Å². The standard InChI is InChI=1S/C4H5N2.Rb/c1-4-2-5-3-6-4;/h2-3H,1H3;/q-1;+1. The topological polar surface area (TPSA) is 27.0 Å². The molecule has 0 spiro atoms. The first-order valence-electron chi connectivity index (χ1n) is 1.79. The van der Waals surface area contributed by atoms with E-state index >= 15 is 0 Å². The van der Waals surface area contributed by atoms with Crippen LogP contribution in [-0.4, -0.2) is 4.98 Å². The molecule has 0 aliphatic carbocycles. The van der Waals surface area contributed by atoms with Gasteiger partial charge in [-0.2, -0.15) is 0 Å². The third-order valence-electron chi connectivity index (χ3n) is 0.589. The summed E-state index contributed by atoms with van der Waals surface area (Å²) in [6, 6.07) is 0. The van der Waals surface area contributed by atoms with Gasteiger partial charge in [0.25, 0.3) is 0 Å². The Morgan fingerprint density at radius 2 is 2.43 bits per heavy atom. The zero-order valence-electron chi connectivity index (χ0n) is 4.55. The zero-order valence-corrected chi connectivity index (χ0v) is 9.47. The molecule has 0 aromatic carbocycles. The molecule has 2 nitrogen and oxygen atoms in total. The monoisotopic (exact) mass is 166 g/mol. The Labute approximate surface area is 91.5 Å². The van der Waals surface area contributed by atoms with Crippen molar-refractivity contribution in [2.24, 2.45) is 0 Å². The average molecular weight is 167 g/mol. The largest absolute Gasteiger partial charge is 1.00 e. The van der Waals surface area contributed by atoms with Crippen molar-refractivity contribution in [2.75, 3.05) is 0 Å². The van der Waals surface area contributed by atoms with E-state index in [4.69, 9.17) is 0 Å². The van der Waals surface area contributed by atoms with Crippen LogP contribution < -0.4 is 63.2 Å². The van der Waals surface area contributed by atoms with Crippen LogP contribution in [0.1, 0.15) is 5.69 Å². The van der Waals surface area contributed by atoms with Crippen LogP contribution in [0, 0.1) is 6.92 Å². The summed E-state index contributed by atoms with van der Waals surface area (Å²) in [7, 11) is 0. The second-order valence-electron chi connectivity index (χ2n) is 1.16. The molecule has 1 aromatic rings. The molecule has 0 saturated heterocycles. The molecule has 0 fully saturated rings. The van der Waals surface area contributed by atoms with Gasteiger partial charge in [0.2, 0.25) is 0 Å². The van der Waals surface area contributed by atoms with Crippen molar-refractivity contribution in [3.05, 3.63) is 18.2 Å². The van der Waals surface area contributed by atoms with Crippen molar-refractivity contribution >= 4 is 0 Å². The van der Waals surface area contributed by atoms with E-state index < -0.39 is 0 Å². The molecule has 0 unspecified atom stereocenters. The molecule has 0 amide bonds. The fourth-order valence-electron chi connectivity index (χ4n) is 0.299. The number of rotatable bonds is 0. The maximum Gasteiger partial charge on any atom is 1.00 e. The maximum absolute atomic E-state index is 3.81. The van der Waals surface area contributed by atoms with E-state index in [0.29, 0.717) is 0 Å². The molecule has 0 atom stereocenters. The summed E-state index contributed by atoms with van der Waals surface area (Å²) in [5, 5.41) is 0. The van der Waals surface area contributed by atoms with Gasteiger partial charge in [0.05, 0.1) is 0 Å². The van der Waals surface area contributed by atoms with E-state index in [-0.39, 0.29) is 58.2 Å². The molecule has 0 aliphatic rings. The van der Waals surface area contributed by atoms with Crippen LogP contribution in [0.5, 0.6) is 0 Å². The fourth-order valence-corrected chi connectivity index (χ4v) is 0.299. The summed E-state index contributed by atoms with van der Waals surface area (Å²) in [6.07, 6.45) is 3.26. The summed E-state index contributed by atoms with van der Waals surface area (Å²) in [4.78, 5) is 7.52. The summed E-state index contributed by atoms with van der Waals surface area (Å²) in [5.74, 6) is 0. The molecule has 32 valence electrons. The zero-order chi connectivity index (χ0) is 4.41. The maximum atomic E-state index is 3.81. The van der Waals surface area contributed by atoms with Gasteiger partial charge in [0.15, 0.2) is 0 Å². The van der Waals surface area contributed by atoms with Gasteiger partial charge >= 0.3 is 58.2 Å². The van der Waals surface area contributed by atoms with Crippen molar-refractivity contribution in [2.45, 2.75) is 6.92 Å². The van der Waals surface area contributed by atoms with Crippen molar-refractivity contribution in [3.8, 4) is 0 Å². The van der Waals surface area contributed by atoms with Gasteiger partial charge in [-0.25, -0.2) is 0 Å². The van der Waals surface area contributed by atoms with Gasteiger partial charge in [0.1, 0.15) is 0 Å². The van der Waals surface area contributed by atoms with Gasteiger partial charge < -0.3 is 9.97 Å². The summed E-state index contributed by atoms with van der Waals surface area (Å²) in [5.41, 5.74) is 0.981. The minimum Gasteiger partial charge on any atom is -0.450 e. The SMILES string of the molecule is Cc1c[n-]cn1.[Rb+]. The Morgan fingerprint density at radius 3 is 2.57 bits per heavy atom. The van der Waals surface area contributed by atoms with Gasteiger partial charge in [-0.15, -0.1) is 0 Å². The number of aryl methyl sites for hydroxylation is 1. The van der Waals surface area contributed by atoms with Gasteiger partial charge in [-0.3, -0.25) is 0 Å². The first kappa shape index (κ1) is 8.02. The van der Waals surface area contributed by atoms with E-state index in [9.17, 15) is 0 Å². The normalized spacial score (nSPS) is 7.57. The molecule has 0 radical (unpaired) electrons. The molecular weight excluding hydrogens is 162 g/mol. The Hall–Kier alpha value is 1.02. The first-order chi connectivity index (χ1) is 2.89. The van der Waals surface area contributed by atoms with Crippen LogP contribution in [-0.2, 0) is 0 Å². The minimum atomic E-state index is 0. The van der Waals surface area contributed by atoms with Crippen LogP contribution in [0.25, 0.3) is 0 Å². The van der Waals surface area contributed by atoms with Crippen LogP contribution in [0.2, 0.25) is 0 Å². The minimum absolute atomic E-state index is 0. The number of imidazole rings is 1. The molecule has 0 aliphatic heterocycles. The summed E-state index contributed by atoms with van der Waals surface area (Å²) < 4.78 is 0. The number of hydrogen-bond donors (Lipinski definition) is 0. The second-order valence-corrected chi connectivity index (χ2v) is 1.16. The molecule has 1 rings (SSSR count). The molecule has 1 aromatic heterocycles. The Morgan fingerprint density at radius 1 is 1.71 bits per heavy atom. The summed E-state index contributed by atoms with van der Waals surface area (Å²) in [6.45, 7) is 1.91. The van der Waals surface area contributed by atoms with E-state index in [2.05, 4.69) is 9.97 Å². The molecule has 3 heteroatoms. The number of aromatic nitrogens is 2. The molecule has 7 heavy (non-hydrogen) atoms. The van der Waals surface area contributed by atoms with Crippen molar-refractivity contribution in [3.63, 3.8) is 0 Å².